The van der Waals surface area contributed by atoms with E-state index in [9.17, 15) is 14.4 Å². The van der Waals surface area contributed by atoms with Crippen LogP contribution >= 0.6 is 0 Å². The molecule has 0 heterocycles. The van der Waals surface area contributed by atoms with Gasteiger partial charge in [-0.25, -0.2) is 0 Å². The van der Waals surface area contributed by atoms with Gasteiger partial charge in [-0.15, -0.1) is 0 Å². The Morgan fingerprint density at radius 2 is 0.537 bits per heavy atom. The number of hydrogen-bond acceptors (Lipinski definition) is 6. The second kappa shape index (κ2) is 56.5. The Balaban J connectivity index is 4.26. The fourth-order valence-electron chi connectivity index (χ4n) is 8.95. The van der Waals surface area contributed by atoms with E-state index in [1.807, 2.05) is 0 Å². The molecular formula is C61H114O6. The minimum atomic E-state index is -0.777. The molecule has 0 saturated heterocycles. The van der Waals surface area contributed by atoms with Crippen molar-refractivity contribution in [1.82, 2.24) is 0 Å². The molecule has 0 fully saturated rings. The first-order valence-electron chi connectivity index (χ1n) is 29.9. The highest BCUT2D eigenvalue weighted by molar-refractivity contribution is 5.71. The number of carbonyl (C=O) groups excluding carboxylic acids is 3. The van der Waals surface area contributed by atoms with Gasteiger partial charge in [-0.05, 0) is 38.5 Å². The average molecular weight is 944 g/mol. The summed E-state index contributed by atoms with van der Waals surface area (Å²) in [6.45, 7) is 6.62. The van der Waals surface area contributed by atoms with Gasteiger partial charge in [0.05, 0.1) is 0 Å². The van der Waals surface area contributed by atoms with Crippen molar-refractivity contribution in [3.05, 3.63) is 24.3 Å². The number of carbonyl (C=O) groups is 3. The Hall–Kier alpha value is -2.11. The monoisotopic (exact) mass is 943 g/mol. The Bertz CT molecular complexity index is 1080. The van der Waals surface area contributed by atoms with Crippen molar-refractivity contribution in [3.8, 4) is 0 Å². The lowest BCUT2D eigenvalue weighted by Gasteiger charge is -2.18. The molecule has 67 heavy (non-hydrogen) atoms. The van der Waals surface area contributed by atoms with Crippen LogP contribution in [-0.4, -0.2) is 37.2 Å². The van der Waals surface area contributed by atoms with Crippen molar-refractivity contribution >= 4 is 17.9 Å². The lowest BCUT2D eigenvalue weighted by Crippen LogP contribution is -2.30. The van der Waals surface area contributed by atoms with E-state index in [2.05, 4.69) is 45.1 Å². The third kappa shape index (κ3) is 54.7. The van der Waals surface area contributed by atoms with E-state index in [0.29, 0.717) is 19.3 Å². The van der Waals surface area contributed by atoms with Gasteiger partial charge < -0.3 is 14.2 Å². The fraction of sp³-hybridized carbons (Fsp3) is 0.885. The number of unbranched alkanes of at least 4 members (excludes halogenated alkanes) is 41. The minimum Gasteiger partial charge on any atom is -0.462 e. The summed E-state index contributed by atoms with van der Waals surface area (Å²) in [5, 5.41) is 0. The Kier molecular flexibility index (Phi) is 54.7. The van der Waals surface area contributed by atoms with Crippen molar-refractivity contribution in [2.24, 2.45) is 0 Å². The van der Waals surface area contributed by atoms with E-state index in [1.54, 1.807) is 0 Å². The molecule has 0 N–H and O–H groups in total. The molecule has 394 valence electrons. The van der Waals surface area contributed by atoms with Crippen LogP contribution in [0.2, 0.25) is 0 Å². The maximum atomic E-state index is 12.9. The van der Waals surface area contributed by atoms with Crippen molar-refractivity contribution in [2.75, 3.05) is 13.2 Å². The highest BCUT2D eigenvalue weighted by atomic mass is 16.6. The number of rotatable bonds is 55. The summed E-state index contributed by atoms with van der Waals surface area (Å²) >= 11 is 0. The van der Waals surface area contributed by atoms with Crippen LogP contribution in [0.5, 0.6) is 0 Å². The molecular weight excluding hydrogens is 829 g/mol. The zero-order valence-corrected chi connectivity index (χ0v) is 45.2. The highest BCUT2D eigenvalue weighted by Gasteiger charge is 2.19. The third-order valence-corrected chi connectivity index (χ3v) is 13.5. The summed E-state index contributed by atoms with van der Waals surface area (Å²) in [6.07, 6.45) is 66.1. The van der Waals surface area contributed by atoms with Gasteiger partial charge in [0.2, 0.25) is 0 Å². The normalized spacial score (nSPS) is 12.1. The first-order chi connectivity index (χ1) is 33.0. The fourth-order valence-corrected chi connectivity index (χ4v) is 8.95. The van der Waals surface area contributed by atoms with Gasteiger partial charge in [0, 0.05) is 19.3 Å². The van der Waals surface area contributed by atoms with Crippen LogP contribution in [-0.2, 0) is 28.6 Å². The number of esters is 3. The van der Waals surface area contributed by atoms with Gasteiger partial charge in [-0.3, -0.25) is 14.4 Å². The quantitative estimate of drug-likeness (QED) is 0.0262. The average Bonchev–Trinajstić information content (AvgIpc) is 3.33. The van der Waals surface area contributed by atoms with Crippen LogP contribution in [0.15, 0.2) is 24.3 Å². The lowest BCUT2D eigenvalue weighted by atomic mass is 10.0. The molecule has 0 aliphatic carbocycles. The molecule has 0 spiro atoms. The molecule has 1 atom stereocenters. The summed E-state index contributed by atoms with van der Waals surface area (Å²) in [6, 6.07) is 0. The number of allylic oxidation sites excluding steroid dienone is 4. The molecule has 6 heteroatoms. The van der Waals surface area contributed by atoms with Gasteiger partial charge in [0.1, 0.15) is 13.2 Å². The zero-order chi connectivity index (χ0) is 48.6. The molecule has 0 rings (SSSR count). The molecule has 6 nitrogen and oxygen atoms in total. The van der Waals surface area contributed by atoms with Crippen LogP contribution in [0.3, 0.4) is 0 Å². The predicted molar refractivity (Wildman–Crippen MR) is 289 cm³/mol. The van der Waals surface area contributed by atoms with Crippen molar-refractivity contribution in [2.45, 2.75) is 335 Å². The summed E-state index contributed by atoms with van der Waals surface area (Å²) < 4.78 is 16.9. The maximum Gasteiger partial charge on any atom is 0.306 e. The van der Waals surface area contributed by atoms with Crippen molar-refractivity contribution < 1.29 is 28.6 Å². The van der Waals surface area contributed by atoms with E-state index >= 15 is 0 Å². The number of hydrogen-bond donors (Lipinski definition) is 0. The highest BCUT2D eigenvalue weighted by Crippen LogP contribution is 2.18. The molecule has 0 aromatic heterocycles. The summed E-state index contributed by atoms with van der Waals surface area (Å²) in [5.41, 5.74) is 0. The molecule has 1 unspecified atom stereocenters. The predicted octanol–water partition coefficient (Wildman–Crippen LogP) is 19.9. The second-order valence-electron chi connectivity index (χ2n) is 20.3. The zero-order valence-electron chi connectivity index (χ0n) is 45.2. The molecule has 0 saturated carbocycles. The minimum absolute atomic E-state index is 0.0740. The Morgan fingerprint density at radius 1 is 0.299 bits per heavy atom. The first kappa shape index (κ1) is 64.9. The van der Waals surface area contributed by atoms with E-state index in [1.165, 1.54) is 218 Å². The van der Waals surface area contributed by atoms with Gasteiger partial charge in [-0.2, -0.15) is 0 Å². The van der Waals surface area contributed by atoms with Gasteiger partial charge in [-0.1, -0.05) is 295 Å². The van der Waals surface area contributed by atoms with Crippen LogP contribution < -0.4 is 0 Å². The largest absolute Gasteiger partial charge is 0.462 e. The first-order valence-corrected chi connectivity index (χ1v) is 29.9. The maximum absolute atomic E-state index is 12.9. The van der Waals surface area contributed by atoms with Crippen LogP contribution in [0, 0.1) is 0 Å². The molecule has 0 amide bonds. The van der Waals surface area contributed by atoms with E-state index in [0.717, 1.165) is 70.6 Å². The topological polar surface area (TPSA) is 78.9 Å². The summed E-state index contributed by atoms with van der Waals surface area (Å²) in [7, 11) is 0. The smallest absolute Gasteiger partial charge is 0.306 e. The SMILES string of the molecule is CCCC/C=C\C=C/CCCCCC(=O)OCC(COC(=O)CCCCCCCCCCCCCCCCCCCCC)OC(=O)CCCCCCCCCCCCCCCCCCCCC. The lowest BCUT2D eigenvalue weighted by molar-refractivity contribution is -0.167. The van der Waals surface area contributed by atoms with Gasteiger partial charge in [0.15, 0.2) is 6.10 Å². The van der Waals surface area contributed by atoms with Crippen LogP contribution in [0.25, 0.3) is 0 Å². The van der Waals surface area contributed by atoms with E-state index in [-0.39, 0.29) is 31.1 Å². The summed E-state index contributed by atoms with van der Waals surface area (Å²) in [4.78, 5) is 38.1. The molecule has 0 aliphatic rings. The molecule has 0 aromatic rings. The third-order valence-electron chi connectivity index (χ3n) is 13.5. The van der Waals surface area contributed by atoms with Gasteiger partial charge >= 0.3 is 17.9 Å². The van der Waals surface area contributed by atoms with E-state index < -0.39 is 6.10 Å². The van der Waals surface area contributed by atoms with Gasteiger partial charge in [0.25, 0.3) is 0 Å². The molecule has 0 radical (unpaired) electrons. The Labute approximate surface area is 417 Å². The van der Waals surface area contributed by atoms with Crippen molar-refractivity contribution in [1.29, 1.82) is 0 Å². The van der Waals surface area contributed by atoms with Crippen molar-refractivity contribution in [3.63, 3.8) is 0 Å². The summed E-state index contributed by atoms with van der Waals surface area (Å²) in [5.74, 6) is -0.880. The second-order valence-corrected chi connectivity index (χ2v) is 20.3. The Morgan fingerprint density at radius 3 is 0.836 bits per heavy atom. The molecule has 0 aromatic carbocycles. The standard InChI is InChI=1S/C61H114O6/c1-4-7-10-13-16-19-22-24-26-28-30-32-34-36-39-42-45-48-51-54-60(63)66-57-58(56-65-59(62)53-50-47-44-41-38-21-18-15-12-9-6-3)67-61(64)55-52-49-46-43-40-37-35-33-31-29-27-25-23-20-17-14-11-8-5-2/h15,18,21,38,58H,4-14,16-17,19-20,22-37,39-57H2,1-3H3/b18-15-,38-21-. The molecule has 0 bridgehead atoms. The molecule has 0 aliphatic heterocycles. The van der Waals surface area contributed by atoms with Crippen LogP contribution in [0.4, 0.5) is 0 Å². The number of ether oxygens (including phenoxy) is 3. The van der Waals surface area contributed by atoms with E-state index in [4.69, 9.17) is 14.2 Å². The van der Waals surface area contributed by atoms with Crippen LogP contribution in [0.1, 0.15) is 329 Å².